The molecule has 0 fully saturated rings. The molecule has 2 aromatic rings. The molecule has 2 rings (SSSR count). The molecule has 2 heterocycles. The molecule has 15 heavy (non-hydrogen) atoms. The molecule has 0 saturated heterocycles. The fourth-order valence-corrected chi connectivity index (χ4v) is 1.76. The fraction of sp³-hybridized carbons (Fsp3) is 0.333. The number of anilines is 2. The Kier molecular flexibility index (Phi) is 2.86. The van der Waals surface area contributed by atoms with Crippen LogP contribution in [0.1, 0.15) is 4.88 Å². The monoisotopic (exact) mass is 223 g/mol. The van der Waals surface area contributed by atoms with E-state index in [4.69, 9.17) is 0 Å². The molecular weight excluding hydrogens is 210 g/mol. The highest BCUT2D eigenvalue weighted by atomic mass is 32.1. The summed E-state index contributed by atoms with van der Waals surface area (Å²) in [6.07, 6.45) is 0. The first-order chi connectivity index (χ1) is 7.25. The smallest absolute Gasteiger partial charge is 0.245 e. The van der Waals surface area contributed by atoms with Gasteiger partial charge in [0.1, 0.15) is 0 Å². The minimum Gasteiger partial charge on any atom is -0.350 e. The maximum absolute atomic E-state index is 4.26. The molecule has 0 aromatic carbocycles. The van der Waals surface area contributed by atoms with E-state index in [0.717, 1.165) is 6.54 Å². The van der Waals surface area contributed by atoms with Crippen LogP contribution in [0.4, 0.5) is 11.9 Å². The van der Waals surface area contributed by atoms with Gasteiger partial charge in [-0.2, -0.15) is 4.98 Å². The molecule has 0 amide bonds. The standard InChI is InChI=1S/C9H13N5S/c1-14(2)9-11-8(12-13-9)10-6-7-4-3-5-15-7/h3-5H,6H2,1-2H3,(H2,10,11,12,13). The largest absolute Gasteiger partial charge is 0.350 e. The van der Waals surface area contributed by atoms with Crippen molar-refractivity contribution in [3.8, 4) is 0 Å². The zero-order chi connectivity index (χ0) is 10.7. The Hall–Kier alpha value is -1.56. The van der Waals surface area contributed by atoms with E-state index >= 15 is 0 Å². The van der Waals surface area contributed by atoms with Crippen molar-refractivity contribution >= 4 is 23.2 Å². The molecule has 0 spiro atoms. The Morgan fingerprint density at radius 3 is 3.00 bits per heavy atom. The van der Waals surface area contributed by atoms with Gasteiger partial charge in [-0.1, -0.05) is 6.07 Å². The number of nitrogens with zero attached hydrogens (tertiary/aromatic N) is 3. The molecule has 2 N–H and O–H groups in total. The molecular formula is C9H13N5S. The summed E-state index contributed by atoms with van der Waals surface area (Å²) in [4.78, 5) is 7.39. The molecule has 0 bridgehead atoms. The highest BCUT2D eigenvalue weighted by Gasteiger charge is 2.03. The maximum Gasteiger partial charge on any atom is 0.245 e. The third-order valence-electron chi connectivity index (χ3n) is 1.88. The van der Waals surface area contributed by atoms with Crippen molar-refractivity contribution in [3.05, 3.63) is 22.4 Å². The third kappa shape index (κ3) is 2.47. The van der Waals surface area contributed by atoms with Crippen LogP contribution in [0, 0.1) is 0 Å². The van der Waals surface area contributed by atoms with Crippen LogP contribution in [0.2, 0.25) is 0 Å². The molecule has 5 nitrogen and oxygen atoms in total. The maximum atomic E-state index is 4.26. The van der Waals surface area contributed by atoms with Gasteiger partial charge in [0.2, 0.25) is 11.9 Å². The number of thiophene rings is 1. The van der Waals surface area contributed by atoms with Crippen molar-refractivity contribution in [3.63, 3.8) is 0 Å². The summed E-state index contributed by atoms with van der Waals surface area (Å²) in [6, 6.07) is 4.12. The van der Waals surface area contributed by atoms with Crippen LogP contribution in [0.3, 0.4) is 0 Å². The molecule has 2 aromatic heterocycles. The van der Waals surface area contributed by atoms with Crippen LogP contribution in [0.15, 0.2) is 17.5 Å². The van der Waals surface area contributed by atoms with Crippen LogP contribution in [0.5, 0.6) is 0 Å². The van der Waals surface area contributed by atoms with E-state index in [-0.39, 0.29) is 0 Å². The van der Waals surface area contributed by atoms with E-state index in [2.05, 4.69) is 31.9 Å². The fourth-order valence-electron chi connectivity index (χ4n) is 1.12. The lowest BCUT2D eigenvalue weighted by Crippen LogP contribution is -2.10. The molecule has 6 heteroatoms. The van der Waals surface area contributed by atoms with Gasteiger partial charge in [-0.05, 0) is 11.4 Å². The van der Waals surface area contributed by atoms with Gasteiger partial charge in [-0.3, -0.25) is 0 Å². The van der Waals surface area contributed by atoms with E-state index in [1.54, 1.807) is 11.3 Å². The highest BCUT2D eigenvalue weighted by molar-refractivity contribution is 7.09. The molecule has 0 aliphatic heterocycles. The van der Waals surface area contributed by atoms with Gasteiger partial charge in [-0.15, -0.1) is 16.4 Å². The molecule has 0 radical (unpaired) electrons. The van der Waals surface area contributed by atoms with Crippen LogP contribution in [0.25, 0.3) is 0 Å². The van der Waals surface area contributed by atoms with Crippen molar-refractivity contribution in [2.24, 2.45) is 0 Å². The average Bonchev–Trinajstić information content (AvgIpc) is 2.86. The summed E-state index contributed by atoms with van der Waals surface area (Å²) >= 11 is 1.72. The van der Waals surface area contributed by atoms with Gasteiger partial charge in [0.25, 0.3) is 0 Å². The van der Waals surface area contributed by atoms with Crippen LogP contribution in [-0.4, -0.2) is 29.3 Å². The lowest BCUT2D eigenvalue weighted by atomic mass is 10.5. The lowest BCUT2D eigenvalue weighted by Gasteiger charge is -2.03. The number of hydrogen-bond donors (Lipinski definition) is 2. The number of nitrogens with one attached hydrogen (secondary N) is 2. The van der Waals surface area contributed by atoms with E-state index in [9.17, 15) is 0 Å². The summed E-state index contributed by atoms with van der Waals surface area (Å²) in [7, 11) is 3.82. The molecule has 0 atom stereocenters. The van der Waals surface area contributed by atoms with E-state index in [1.807, 2.05) is 25.1 Å². The van der Waals surface area contributed by atoms with E-state index in [0.29, 0.717) is 11.9 Å². The predicted octanol–water partition coefficient (Wildman–Crippen LogP) is 1.54. The topological polar surface area (TPSA) is 56.8 Å². The Balaban J connectivity index is 1.94. The van der Waals surface area contributed by atoms with Gasteiger partial charge in [0.15, 0.2) is 0 Å². The molecule has 0 unspecified atom stereocenters. The summed E-state index contributed by atoms with van der Waals surface area (Å²) in [5.74, 6) is 1.38. The highest BCUT2D eigenvalue weighted by Crippen LogP contribution is 2.11. The van der Waals surface area contributed by atoms with Crippen LogP contribution < -0.4 is 10.2 Å². The zero-order valence-electron chi connectivity index (χ0n) is 8.69. The predicted molar refractivity (Wildman–Crippen MR) is 62.4 cm³/mol. The third-order valence-corrected chi connectivity index (χ3v) is 2.76. The Morgan fingerprint density at radius 1 is 1.53 bits per heavy atom. The summed E-state index contributed by atoms with van der Waals surface area (Å²) < 4.78 is 0. The zero-order valence-corrected chi connectivity index (χ0v) is 9.51. The first-order valence-electron chi connectivity index (χ1n) is 4.61. The second-order valence-electron chi connectivity index (χ2n) is 3.31. The minimum atomic E-state index is 0.684. The van der Waals surface area contributed by atoms with E-state index < -0.39 is 0 Å². The Morgan fingerprint density at radius 2 is 2.40 bits per heavy atom. The van der Waals surface area contributed by atoms with Crippen molar-refractivity contribution in [1.29, 1.82) is 0 Å². The normalized spacial score (nSPS) is 10.3. The number of H-pyrrole nitrogens is 1. The molecule has 0 saturated carbocycles. The SMILES string of the molecule is CN(C)c1n[nH]c(NCc2cccs2)n1. The van der Waals surface area contributed by atoms with Gasteiger partial charge in [0.05, 0.1) is 6.54 Å². The average molecular weight is 223 g/mol. The first kappa shape index (κ1) is 9.97. The quantitative estimate of drug-likeness (QED) is 0.825. The molecule has 80 valence electrons. The molecule has 0 aliphatic rings. The van der Waals surface area contributed by atoms with Crippen LogP contribution in [-0.2, 0) is 6.54 Å². The summed E-state index contributed by atoms with van der Waals surface area (Å²) in [6.45, 7) is 0.778. The van der Waals surface area contributed by atoms with E-state index in [1.165, 1.54) is 4.88 Å². The minimum absolute atomic E-state index is 0.684. The summed E-state index contributed by atoms with van der Waals surface area (Å²) in [5.41, 5.74) is 0. The first-order valence-corrected chi connectivity index (χ1v) is 5.49. The second-order valence-corrected chi connectivity index (χ2v) is 4.34. The number of aromatic nitrogens is 3. The molecule has 0 aliphatic carbocycles. The van der Waals surface area contributed by atoms with Crippen molar-refractivity contribution in [1.82, 2.24) is 15.2 Å². The van der Waals surface area contributed by atoms with Gasteiger partial charge in [-0.25, -0.2) is 5.10 Å². The lowest BCUT2D eigenvalue weighted by molar-refractivity contribution is 0.997. The van der Waals surface area contributed by atoms with Crippen molar-refractivity contribution in [2.45, 2.75) is 6.54 Å². The summed E-state index contributed by atoms with van der Waals surface area (Å²) in [5, 5.41) is 12.1. The number of rotatable bonds is 4. The van der Waals surface area contributed by atoms with Crippen LogP contribution >= 0.6 is 11.3 Å². The number of hydrogen-bond acceptors (Lipinski definition) is 5. The van der Waals surface area contributed by atoms with Gasteiger partial charge >= 0.3 is 0 Å². The van der Waals surface area contributed by atoms with Gasteiger partial charge < -0.3 is 10.2 Å². The Bertz CT molecular complexity index is 406. The number of aromatic amines is 1. The van der Waals surface area contributed by atoms with Crippen molar-refractivity contribution < 1.29 is 0 Å². The van der Waals surface area contributed by atoms with Crippen molar-refractivity contribution in [2.75, 3.05) is 24.3 Å². The van der Waals surface area contributed by atoms with Gasteiger partial charge in [0, 0.05) is 19.0 Å². The Labute approximate surface area is 92.2 Å². The second kappa shape index (κ2) is 4.31.